The summed E-state index contributed by atoms with van der Waals surface area (Å²) in [7, 11) is -3.90. The van der Waals surface area contributed by atoms with Gasteiger partial charge < -0.3 is 40.6 Å². The number of allylic oxidation sites excluding steroid dienone is 1. The molecular formula is C70H89F2N8O16P. The van der Waals surface area contributed by atoms with Gasteiger partial charge in [0.15, 0.2) is 0 Å². The Hall–Kier alpha value is -8.26. The van der Waals surface area contributed by atoms with E-state index in [9.17, 15) is 47.7 Å². The molecule has 0 spiro atoms. The number of aromatic nitrogens is 2. The number of esters is 2. The maximum absolute atomic E-state index is 16.3. The smallest absolute Gasteiger partial charge is 0.410 e. The molecule has 4 aromatic carbocycles. The molecule has 3 aliphatic heterocycles. The summed E-state index contributed by atoms with van der Waals surface area (Å²) in [6.07, 6.45) is 5.58. The van der Waals surface area contributed by atoms with Crippen LogP contribution in [0.3, 0.4) is 0 Å². The molecule has 5 atom stereocenters. The number of nitrogens with zero attached hydrogens (tertiary/aromatic N) is 3. The van der Waals surface area contributed by atoms with Crippen molar-refractivity contribution in [2.45, 2.75) is 169 Å². The van der Waals surface area contributed by atoms with Crippen molar-refractivity contribution in [3.05, 3.63) is 140 Å². The number of anilines is 1. The van der Waals surface area contributed by atoms with Crippen LogP contribution in [-0.2, 0) is 116 Å². The average Bonchev–Trinajstić information content (AvgIpc) is 1.65. The number of carbonyl (C=O) groups is 8. The number of para-hydroxylation sites is 1. The van der Waals surface area contributed by atoms with Gasteiger partial charge in [0, 0.05) is 51.6 Å². The SMILES string of the molecule is C/C(=C\CN[C@H]1CCc2cccc3c2N(C1=O)[C@H](C(=O)N[C@@H](CCC(N)=O)[C@@H](C)OCc1ccc(CCCNC(=O)COCCCc2ccc4c(c2)n(C)c(=O)n4C2CCC(=O)NC2=O)cc1)C3)c1ccc(C(F)(F)P(=O)(OCOC(=O)C(C)(C)C)OCOC(=O)C(C)(C)C)cc1. The molecule has 3 aliphatic rings. The lowest BCUT2D eigenvalue weighted by Gasteiger charge is -2.31. The fourth-order valence-electron chi connectivity index (χ4n) is 11.6. The maximum atomic E-state index is 16.3. The number of carbonyl (C=O) groups excluding carboxylic acids is 8. The van der Waals surface area contributed by atoms with E-state index in [1.807, 2.05) is 60.7 Å². The lowest BCUT2D eigenvalue weighted by molar-refractivity contribution is -0.163. The third-order valence-corrected chi connectivity index (χ3v) is 19.2. The Morgan fingerprint density at radius 2 is 1.44 bits per heavy atom. The van der Waals surface area contributed by atoms with Crippen LogP contribution >= 0.6 is 7.60 Å². The van der Waals surface area contributed by atoms with Gasteiger partial charge in [-0.05, 0) is 158 Å². The number of aryl methyl sites for hydroxylation is 4. The van der Waals surface area contributed by atoms with Gasteiger partial charge in [-0.15, -0.1) is 0 Å². The van der Waals surface area contributed by atoms with Crippen molar-refractivity contribution in [1.29, 1.82) is 0 Å². The van der Waals surface area contributed by atoms with Crippen LogP contribution in [0.2, 0.25) is 0 Å². The van der Waals surface area contributed by atoms with Gasteiger partial charge in [-0.3, -0.25) is 71.3 Å². The molecule has 5 aromatic rings. The van der Waals surface area contributed by atoms with Crippen molar-refractivity contribution in [3.63, 3.8) is 0 Å². The largest absolute Gasteiger partial charge is 0.438 e. The summed E-state index contributed by atoms with van der Waals surface area (Å²) < 4.78 is 81.2. The number of amides is 6. The van der Waals surface area contributed by atoms with Crippen LogP contribution in [0.5, 0.6) is 0 Å². The normalized spacial score (nSPS) is 17.5. The zero-order valence-electron chi connectivity index (χ0n) is 56.4. The van der Waals surface area contributed by atoms with E-state index in [-0.39, 0.29) is 75.3 Å². The van der Waals surface area contributed by atoms with Crippen molar-refractivity contribution < 1.29 is 79.7 Å². The third-order valence-electron chi connectivity index (χ3n) is 17.3. The molecule has 24 nitrogen and oxygen atoms in total. The molecule has 1 unspecified atom stereocenters. The highest BCUT2D eigenvalue weighted by Gasteiger charge is 2.56. The van der Waals surface area contributed by atoms with E-state index >= 15 is 8.78 Å². The van der Waals surface area contributed by atoms with E-state index < -0.39 is 103 Å². The highest BCUT2D eigenvalue weighted by Crippen LogP contribution is 2.67. The van der Waals surface area contributed by atoms with Crippen molar-refractivity contribution >= 4 is 77.3 Å². The zero-order valence-corrected chi connectivity index (χ0v) is 57.3. The van der Waals surface area contributed by atoms with Gasteiger partial charge in [-0.1, -0.05) is 78.9 Å². The predicted octanol–water partition coefficient (Wildman–Crippen LogP) is 8.01. The number of ether oxygens (including phenoxy) is 4. The second kappa shape index (κ2) is 32.4. The number of imidazole rings is 1. The molecule has 8 rings (SSSR count). The summed E-state index contributed by atoms with van der Waals surface area (Å²) in [5.41, 5.74) is 5.89. The summed E-state index contributed by atoms with van der Waals surface area (Å²) in [4.78, 5) is 118. The second-order valence-electron chi connectivity index (χ2n) is 26.8. The van der Waals surface area contributed by atoms with Crippen molar-refractivity contribution in [3.8, 4) is 0 Å². The number of benzene rings is 4. The monoisotopic (exact) mass is 1370 g/mol. The summed E-state index contributed by atoms with van der Waals surface area (Å²) in [6.45, 7) is 11.5. The van der Waals surface area contributed by atoms with Gasteiger partial charge in [0.05, 0.1) is 52.3 Å². The summed E-state index contributed by atoms with van der Waals surface area (Å²) >= 11 is 0. The maximum Gasteiger partial charge on any atom is 0.410 e. The fraction of sp³-hybridized carbons (Fsp3) is 0.500. The van der Waals surface area contributed by atoms with Gasteiger partial charge in [-0.25, -0.2) is 4.79 Å². The van der Waals surface area contributed by atoms with Crippen molar-refractivity contribution in [2.75, 3.05) is 44.8 Å². The van der Waals surface area contributed by atoms with Gasteiger partial charge in [0.1, 0.15) is 18.7 Å². The Labute approximate surface area is 562 Å². The quantitative estimate of drug-likeness (QED) is 0.00895. The summed E-state index contributed by atoms with van der Waals surface area (Å²) in [5, 5.41) is 11.6. The van der Waals surface area contributed by atoms with Crippen LogP contribution in [0, 0.1) is 10.8 Å². The molecule has 4 heterocycles. The highest BCUT2D eigenvalue weighted by molar-refractivity contribution is 7.54. The van der Waals surface area contributed by atoms with Crippen LogP contribution in [0.4, 0.5) is 14.5 Å². The number of primary amides is 1. The Balaban J connectivity index is 0.793. The number of piperidine rings is 1. The number of hydrogen-bond donors (Lipinski definition) is 5. The minimum Gasteiger partial charge on any atom is -0.438 e. The first-order chi connectivity index (χ1) is 45.9. The molecule has 524 valence electrons. The number of fused-ring (bicyclic) bond motifs is 1. The third kappa shape index (κ3) is 18.9. The molecule has 1 aromatic heterocycles. The molecule has 6 amide bonds. The Morgan fingerprint density at radius 3 is 2.09 bits per heavy atom. The van der Waals surface area contributed by atoms with Crippen LogP contribution in [0.15, 0.2) is 95.8 Å². The van der Waals surface area contributed by atoms with Gasteiger partial charge in [-0.2, -0.15) is 8.78 Å². The Kier molecular flexibility index (Phi) is 24.9. The molecule has 0 radical (unpaired) electrons. The first-order valence-electron chi connectivity index (χ1n) is 32.6. The number of hydrogen-bond acceptors (Lipinski definition) is 17. The molecule has 0 saturated carbocycles. The number of imide groups is 1. The Bertz CT molecular complexity index is 3820. The van der Waals surface area contributed by atoms with E-state index in [4.69, 9.17) is 33.7 Å². The predicted molar refractivity (Wildman–Crippen MR) is 356 cm³/mol. The van der Waals surface area contributed by atoms with Crippen molar-refractivity contribution in [2.24, 2.45) is 23.6 Å². The molecule has 1 saturated heterocycles. The van der Waals surface area contributed by atoms with Gasteiger partial charge in [0.2, 0.25) is 49.0 Å². The summed E-state index contributed by atoms with van der Waals surface area (Å²) in [6, 6.07) is 21.0. The first kappa shape index (κ1) is 74.5. The molecule has 0 aliphatic carbocycles. The number of alkyl halides is 2. The topological polar surface area (TPSA) is 313 Å². The minimum atomic E-state index is -5.55. The van der Waals surface area contributed by atoms with Crippen LogP contribution in [-0.4, -0.2) is 121 Å². The molecule has 6 N–H and O–H groups in total. The molecule has 27 heteroatoms. The van der Waals surface area contributed by atoms with Crippen LogP contribution in [0.25, 0.3) is 16.6 Å². The molecule has 0 bridgehead atoms. The average molecular weight is 1370 g/mol. The van der Waals surface area contributed by atoms with E-state index in [1.165, 1.54) is 62.8 Å². The number of nitrogens with one attached hydrogen (secondary N) is 4. The standard InChI is InChI=1S/C70H89F2N8O16P/c1-43(48-22-25-51(26-23-48)70(71,72)97(90,95-41-93-65(87)68(3,4)5)96-42-94-66(88)69(6,7)8)33-35-74-53-27-24-49-15-10-16-50-38-57(80(61(49)50)64(53)86)63(85)76-52(28-31-58(73)81)44(2)92-39-47-19-17-45(18-20-47)13-11-34-75-60(83)40-91-36-12-14-46-21-29-54-56(37-46)78(9)67(89)79(54)55-30-32-59(82)77-62(55)84/h10,15-23,25-26,29,33,37,44,52-53,55,57,74H,11-14,24,27-28,30-32,34-36,38-42H2,1-9H3,(H2,73,81)(H,75,83)(H,76,85)(H,77,82,84)/b43-33+/t44-,52+,53+,55?,57+/m1/s1. The Morgan fingerprint density at radius 1 is 0.804 bits per heavy atom. The number of halogens is 2. The van der Waals surface area contributed by atoms with Gasteiger partial charge >= 0.3 is 30.9 Å². The van der Waals surface area contributed by atoms with Crippen molar-refractivity contribution in [1.82, 2.24) is 30.4 Å². The van der Waals surface area contributed by atoms with Crippen LogP contribution in [0.1, 0.15) is 145 Å². The number of nitrogens with two attached hydrogens (primary N) is 1. The zero-order chi connectivity index (χ0) is 70.6. The van der Waals surface area contributed by atoms with E-state index in [0.29, 0.717) is 79.5 Å². The van der Waals surface area contributed by atoms with E-state index in [2.05, 4.69) is 21.3 Å². The molecular weight excluding hydrogens is 1280 g/mol. The lowest BCUT2D eigenvalue weighted by atomic mass is 9.98. The summed E-state index contributed by atoms with van der Waals surface area (Å²) in [5.74, 6) is -3.99. The van der Waals surface area contributed by atoms with Crippen LogP contribution < -0.4 is 37.6 Å². The highest BCUT2D eigenvalue weighted by atomic mass is 31.2. The molecule has 97 heavy (non-hydrogen) atoms. The molecule has 1 fully saturated rings. The van der Waals surface area contributed by atoms with E-state index in [0.717, 1.165) is 39.9 Å². The fourth-order valence-corrected chi connectivity index (χ4v) is 12.8. The minimum absolute atomic E-state index is 0.0335. The van der Waals surface area contributed by atoms with Gasteiger partial charge in [0.25, 0.3) is 0 Å². The van der Waals surface area contributed by atoms with E-state index in [1.54, 1.807) is 31.9 Å². The second-order valence-corrected chi connectivity index (χ2v) is 28.9. The lowest BCUT2D eigenvalue weighted by Crippen LogP contribution is -2.56. The number of rotatable bonds is 32. The first-order valence-corrected chi connectivity index (χ1v) is 34.1.